The Morgan fingerprint density at radius 1 is 1.24 bits per heavy atom. The Balaban J connectivity index is 2.13. The number of nitro benzene ring substituents is 1. The smallest absolute Gasteiger partial charge is 0.296 e. The van der Waals surface area contributed by atoms with E-state index in [4.69, 9.17) is 4.74 Å². The number of hydrogen-bond donors (Lipinski definition) is 1. The molecule has 6 heteroatoms. The van der Waals surface area contributed by atoms with Crippen LogP contribution in [0.3, 0.4) is 0 Å². The number of carbonyl (C=O) groups is 1. The number of carbonyl (C=O) groups excluding carboxylic acids is 1. The first kappa shape index (κ1) is 13.1. The van der Waals surface area contributed by atoms with Gasteiger partial charge in [-0.05, 0) is 17.2 Å². The molecule has 2 aromatic rings. The first-order valence-corrected chi connectivity index (χ1v) is 6.41. The van der Waals surface area contributed by atoms with Gasteiger partial charge in [0.2, 0.25) is 0 Å². The van der Waals surface area contributed by atoms with E-state index in [1.54, 1.807) is 6.07 Å². The van der Waals surface area contributed by atoms with Gasteiger partial charge in [-0.3, -0.25) is 10.1 Å². The molecule has 0 amide bonds. The van der Waals surface area contributed by atoms with Crippen molar-refractivity contribution in [2.45, 2.75) is 6.04 Å². The van der Waals surface area contributed by atoms with Crippen molar-refractivity contribution in [3.05, 3.63) is 52.6 Å². The van der Waals surface area contributed by atoms with Gasteiger partial charge in [-0.25, -0.2) is 0 Å². The molecule has 1 atom stereocenters. The number of hydrogen-bond acceptors (Lipinski definition) is 5. The summed E-state index contributed by atoms with van der Waals surface area (Å²) >= 11 is 0. The molecule has 2 aromatic carbocycles. The Kier molecular flexibility index (Phi) is 3.27. The average Bonchev–Trinajstić information content (AvgIpc) is 2.54. The van der Waals surface area contributed by atoms with Crippen molar-refractivity contribution in [1.29, 1.82) is 0 Å². The number of anilines is 1. The lowest BCUT2D eigenvalue weighted by atomic mass is 10.0. The number of nitrogens with one attached hydrogen (secondary N) is 1. The minimum absolute atomic E-state index is 0.0992. The molecule has 0 saturated heterocycles. The van der Waals surface area contributed by atoms with Crippen molar-refractivity contribution in [1.82, 2.24) is 0 Å². The summed E-state index contributed by atoms with van der Waals surface area (Å²) in [4.78, 5) is 21.6. The molecule has 6 nitrogen and oxygen atoms in total. The summed E-state index contributed by atoms with van der Waals surface area (Å²) in [6.45, 7) is 0.159. The molecule has 0 radical (unpaired) electrons. The second-order valence-electron chi connectivity index (χ2n) is 4.69. The Bertz CT molecular complexity index is 700. The molecule has 0 spiro atoms. The first-order valence-electron chi connectivity index (χ1n) is 6.41. The summed E-state index contributed by atoms with van der Waals surface area (Å²) in [6.07, 6.45) is 0.678. The van der Waals surface area contributed by atoms with Crippen molar-refractivity contribution in [2.75, 3.05) is 11.9 Å². The van der Waals surface area contributed by atoms with E-state index in [1.165, 1.54) is 6.07 Å². The fraction of sp³-hybridized carbons (Fsp3) is 0.133. The van der Waals surface area contributed by atoms with Crippen molar-refractivity contribution in [3.8, 4) is 16.9 Å². The molecule has 1 aliphatic rings. The van der Waals surface area contributed by atoms with Gasteiger partial charge in [-0.2, -0.15) is 0 Å². The third kappa shape index (κ3) is 2.43. The molecular weight excluding hydrogens is 272 g/mol. The molecule has 0 aromatic heterocycles. The second kappa shape index (κ2) is 5.24. The minimum Gasteiger partial charge on any atom is -0.489 e. The number of nitrogens with zero attached hydrogens (tertiary/aromatic N) is 1. The van der Waals surface area contributed by atoms with E-state index in [0.717, 1.165) is 5.56 Å². The number of fused-ring (bicyclic) bond motifs is 1. The Morgan fingerprint density at radius 2 is 2.00 bits per heavy atom. The van der Waals surface area contributed by atoms with Crippen LogP contribution in [0.4, 0.5) is 11.4 Å². The molecule has 106 valence electrons. The van der Waals surface area contributed by atoms with E-state index in [-0.39, 0.29) is 18.0 Å². The molecule has 1 N–H and O–H groups in total. The summed E-state index contributed by atoms with van der Waals surface area (Å²) < 4.78 is 5.48. The second-order valence-corrected chi connectivity index (χ2v) is 4.69. The highest BCUT2D eigenvalue weighted by atomic mass is 16.6. The van der Waals surface area contributed by atoms with E-state index in [9.17, 15) is 14.9 Å². The predicted molar refractivity (Wildman–Crippen MR) is 77.5 cm³/mol. The Morgan fingerprint density at radius 3 is 2.67 bits per heavy atom. The van der Waals surface area contributed by atoms with Crippen LogP contribution in [-0.4, -0.2) is 23.9 Å². The molecule has 1 aliphatic heterocycles. The van der Waals surface area contributed by atoms with E-state index < -0.39 is 11.0 Å². The highest BCUT2D eigenvalue weighted by Crippen LogP contribution is 2.41. The minimum atomic E-state index is -0.571. The monoisotopic (exact) mass is 284 g/mol. The quantitative estimate of drug-likeness (QED) is 0.532. The van der Waals surface area contributed by atoms with Crippen LogP contribution in [-0.2, 0) is 4.79 Å². The molecule has 0 bridgehead atoms. The molecule has 0 fully saturated rings. The van der Waals surface area contributed by atoms with Gasteiger partial charge in [0.05, 0.1) is 4.92 Å². The van der Waals surface area contributed by atoms with Gasteiger partial charge in [0.25, 0.3) is 5.69 Å². The topological polar surface area (TPSA) is 81.5 Å². The lowest BCUT2D eigenvalue weighted by Gasteiger charge is -2.24. The van der Waals surface area contributed by atoms with Crippen molar-refractivity contribution >= 4 is 17.7 Å². The van der Waals surface area contributed by atoms with E-state index in [1.807, 2.05) is 30.3 Å². The lowest BCUT2D eigenvalue weighted by molar-refractivity contribution is -0.384. The fourth-order valence-corrected chi connectivity index (χ4v) is 2.28. The number of aldehydes is 1. The number of benzene rings is 2. The van der Waals surface area contributed by atoms with Crippen LogP contribution < -0.4 is 10.1 Å². The van der Waals surface area contributed by atoms with Crippen LogP contribution in [0.5, 0.6) is 5.75 Å². The van der Waals surface area contributed by atoms with E-state index in [0.29, 0.717) is 17.6 Å². The largest absolute Gasteiger partial charge is 0.489 e. The zero-order valence-corrected chi connectivity index (χ0v) is 11.0. The van der Waals surface area contributed by atoms with Crippen molar-refractivity contribution in [2.24, 2.45) is 0 Å². The van der Waals surface area contributed by atoms with Crippen LogP contribution >= 0.6 is 0 Å². The van der Waals surface area contributed by atoms with Gasteiger partial charge < -0.3 is 14.8 Å². The van der Waals surface area contributed by atoms with Gasteiger partial charge in [0.15, 0.2) is 5.69 Å². The normalized spacial score (nSPS) is 16.3. The standard InChI is InChI=1S/C15H12N2O4/c18-8-12-9-21-14-7-11(10-4-2-1-3-5-10)6-13(17(19)20)15(14)16-12/h1-8,12,16H,9H2. The summed E-state index contributed by atoms with van der Waals surface area (Å²) in [7, 11) is 0. The van der Waals surface area contributed by atoms with Crippen LogP contribution in [0.25, 0.3) is 11.1 Å². The number of rotatable bonds is 3. The first-order chi connectivity index (χ1) is 10.2. The molecule has 0 saturated carbocycles. The molecular formula is C15H12N2O4. The fourth-order valence-electron chi connectivity index (χ4n) is 2.28. The van der Waals surface area contributed by atoms with Gasteiger partial charge >= 0.3 is 0 Å². The maximum absolute atomic E-state index is 11.3. The Labute approximate surface area is 120 Å². The van der Waals surface area contributed by atoms with Crippen LogP contribution in [0.15, 0.2) is 42.5 Å². The number of ether oxygens (including phenoxy) is 1. The Hall–Kier alpha value is -2.89. The van der Waals surface area contributed by atoms with Crippen molar-refractivity contribution in [3.63, 3.8) is 0 Å². The highest BCUT2D eigenvalue weighted by molar-refractivity contribution is 5.82. The SMILES string of the molecule is O=CC1COc2cc(-c3ccccc3)cc([N+](=O)[O-])c2N1. The van der Waals surface area contributed by atoms with Gasteiger partial charge in [0, 0.05) is 6.07 Å². The third-order valence-corrected chi connectivity index (χ3v) is 3.30. The van der Waals surface area contributed by atoms with Crippen LogP contribution in [0.2, 0.25) is 0 Å². The van der Waals surface area contributed by atoms with Crippen LogP contribution in [0.1, 0.15) is 0 Å². The summed E-state index contributed by atoms with van der Waals surface area (Å²) in [6, 6.07) is 12.0. The lowest BCUT2D eigenvalue weighted by Crippen LogP contribution is -2.33. The molecule has 1 unspecified atom stereocenters. The van der Waals surface area contributed by atoms with Gasteiger partial charge in [-0.1, -0.05) is 30.3 Å². The maximum atomic E-state index is 11.3. The van der Waals surface area contributed by atoms with Gasteiger partial charge in [0.1, 0.15) is 24.7 Å². The highest BCUT2D eigenvalue weighted by Gasteiger charge is 2.27. The summed E-state index contributed by atoms with van der Waals surface area (Å²) in [5, 5.41) is 14.1. The predicted octanol–water partition coefficient (Wildman–Crippen LogP) is 2.63. The molecule has 0 aliphatic carbocycles. The summed E-state index contributed by atoms with van der Waals surface area (Å²) in [5.41, 5.74) is 1.72. The molecule has 3 rings (SSSR count). The van der Waals surface area contributed by atoms with Crippen LogP contribution in [0, 0.1) is 10.1 Å². The zero-order chi connectivity index (χ0) is 14.8. The molecule has 1 heterocycles. The molecule has 21 heavy (non-hydrogen) atoms. The maximum Gasteiger partial charge on any atom is 0.296 e. The average molecular weight is 284 g/mol. The van der Waals surface area contributed by atoms with Crippen molar-refractivity contribution < 1.29 is 14.5 Å². The van der Waals surface area contributed by atoms with Gasteiger partial charge in [-0.15, -0.1) is 0 Å². The van der Waals surface area contributed by atoms with E-state index in [2.05, 4.69) is 5.32 Å². The summed E-state index contributed by atoms with van der Waals surface area (Å²) in [5.74, 6) is 0.390. The van der Waals surface area contributed by atoms with E-state index >= 15 is 0 Å². The third-order valence-electron chi connectivity index (χ3n) is 3.30. The number of nitro groups is 1. The zero-order valence-electron chi connectivity index (χ0n) is 11.0.